The molecule has 0 saturated heterocycles. The minimum Gasteiger partial charge on any atom is -0.317 e. The smallest absolute Gasteiger partial charge is 0.00103 e. The van der Waals surface area contributed by atoms with E-state index in [1.807, 2.05) is 0 Å². The second-order valence-corrected chi connectivity index (χ2v) is 6.13. The fraction of sp³-hybridized carbons (Fsp3) is 1.00. The molecule has 0 aromatic carbocycles. The van der Waals surface area contributed by atoms with Gasteiger partial charge in [0.2, 0.25) is 0 Å². The lowest BCUT2D eigenvalue weighted by Gasteiger charge is -2.09. The fourth-order valence-electron chi connectivity index (χ4n) is 1.96. The Morgan fingerprint density at radius 1 is 0.500 bits per heavy atom. The summed E-state index contributed by atoms with van der Waals surface area (Å²) in [5.74, 6) is 0. The van der Waals surface area contributed by atoms with Gasteiger partial charge in [0, 0.05) is 12.1 Å². The third-order valence-corrected chi connectivity index (χ3v) is 3.12. The highest BCUT2D eigenvalue weighted by atomic mass is 14.9. The molecule has 0 spiro atoms. The van der Waals surface area contributed by atoms with Crippen LogP contribution < -0.4 is 21.3 Å². The van der Waals surface area contributed by atoms with Gasteiger partial charge in [-0.05, 0) is 65.0 Å². The zero-order valence-electron chi connectivity index (χ0n) is 14.2. The van der Waals surface area contributed by atoms with Gasteiger partial charge in [-0.25, -0.2) is 0 Å². The average molecular weight is 287 g/mol. The molecule has 0 aliphatic heterocycles. The Morgan fingerprint density at radius 3 is 1.20 bits per heavy atom. The third-order valence-electron chi connectivity index (χ3n) is 3.12. The van der Waals surface area contributed by atoms with Crippen LogP contribution >= 0.6 is 0 Å². The van der Waals surface area contributed by atoms with Gasteiger partial charge in [0.05, 0.1) is 0 Å². The molecule has 0 heterocycles. The van der Waals surface area contributed by atoms with Crippen LogP contribution in [0.3, 0.4) is 0 Å². The molecule has 122 valence electrons. The fourth-order valence-corrected chi connectivity index (χ4v) is 1.96. The molecule has 4 N–H and O–H groups in total. The summed E-state index contributed by atoms with van der Waals surface area (Å²) in [7, 11) is 0. The van der Waals surface area contributed by atoms with E-state index >= 15 is 0 Å². The van der Waals surface area contributed by atoms with Crippen molar-refractivity contribution in [3.63, 3.8) is 0 Å². The van der Waals surface area contributed by atoms with Crippen molar-refractivity contribution in [3.05, 3.63) is 0 Å². The third kappa shape index (κ3) is 17.8. The van der Waals surface area contributed by atoms with Gasteiger partial charge >= 0.3 is 0 Å². The largest absolute Gasteiger partial charge is 0.317 e. The summed E-state index contributed by atoms with van der Waals surface area (Å²) in [6.45, 7) is 15.6. The zero-order valence-corrected chi connectivity index (χ0v) is 14.2. The summed E-state index contributed by atoms with van der Waals surface area (Å²) >= 11 is 0. The zero-order chi connectivity index (χ0) is 15.1. The molecule has 0 bridgehead atoms. The maximum absolute atomic E-state index is 3.51. The molecule has 0 unspecified atom stereocenters. The topological polar surface area (TPSA) is 48.1 Å². The summed E-state index contributed by atoms with van der Waals surface area (Å²) in [6.07, 6.45) is 4.99. The van der Waals surface area contributed by atoms with Gasteiger partial charge < -0.3 is 21.3 Å². The lowest BCUT2D eigenvalue weighted by molar-refractivity contribution is 0.524. The van der Waals surface area contributed by atoms with Crippen LogP contribution in [-0.2, 0) is 0 Å². The molecule has 0 amide bonds. The van der Waals surface area contributed by atoms with Gasteiger partial charge in [0.25, 0.3) is 0 Å². The molecule has 0 fully saturated rings. The Kier molecular flexibility index (Phi) is 15.1. The van der Waals surface area contributed by atoms with Crippen molar-refractivity contribution >= 4 is 0 Å². The molecule has 0 aromatic rings. The van der Waals surface area contributed by atoms with Gasteiger partial charge in [0.1, 0.15) is 0 Å². The number of hydrogen-bond donors (Lipinski definition) is 4. The lowest BCUT2D eigenvalue weighted by atomic mass is 10.3. The van der Waals surface area contributed by atoms with Crippen LogP contribution in [0.15, 0.2) is 0 Å². The maximum atomic E-state index is 3.51. The minimum atomic E-state index is 0.608. The van der Waals surface area contributed by atoms with Crippen molar-refractivity contribution in [2.75, 3.05) is 39.3 Å². The molecule has 0 aliphatic rings. The molecule has 0 radical (unpaired) electrons. The molecule has 0 atom stereocenters. The minimum absolute atomic E-state index is 0.608. The number of rotatable bonds is 15. The van der Waals surface area contributed by atoms with Crippen LogP contribution in [0.2, 0.25) is 0 Å². The van der Waals surface area contributed by atoms with E-state index < -0.39 is 0 Å². The van der Waals surface area contributed by atoms with Crippen LogP contribution in [-0.4, -0.2) is 51.4 Å². The normalized spacial score (nSPS) is 11.7. The second kappa shape index (κ2) is 15.2. The molecular formula is C16H38N4. The van der Waals surface area contributed by atoms with E-state index in [1.54, 1.807) is 0 Å². The van der Waals surface area contributed by atoms with Crippen LogP contribution in [0.25, 0.3) is 0 Å². The van der Waals surface area contributed by atoms with E-state index in [1.165, 1.54) is 25.7 Å². The van der Waals surface area contributed by atoms with Crippen molar-refractivity contribution < 1.29 is 0 Å². The molecule has 4 nitrogen and oxygen atoms in total. The van der Waals surface area contributed by atoms with Gasteiger partial charge in [-0.15, -0.1) is 0 Å². The number of hydrogen-bond acceptors (Lipinski definition) is 4. The molecule has 0 aliphatic carbocycles. The SMILES string of the molecule is CC(C)NCCCNCCCCNCCCNC(C)C. The van der Waals surface area contributed by atoms with Gasteiger partial charge in [-0.3, -0.25) is 0 Å². The second-order valence-electron chi connectivity index (χ2n) is 6.13. The quantitative estimate of drug-likeness (QED) is 0.346. The van der Waals surface area contributed by atoms with E-state index in [0.29, 0.717) is 12.1 Å². The molecular weight excluding hydrogens is 248 g/mol. The molecule has 0 rings (SSSR count). The van der Waals surface area contributed by atoms with E-state index in [0.717, 1.165) is 39.3 Å². The summed E-state index contributed by atoms with van der Waals surface area (Å²) in [5, 5.41) is 13.9. The van der Waals surface area contributed by atoms with Crippen molar-refractivity contribution in [1.29, 1.82) is 0 Å². The van der Waals surface area contributed by atoms with E-state index in [2.05, 4.69) is 49.0 Å². The van der Waals surface area contributed by atoms with Crippen molar-refractivity contribution in [2.45, 2.75) is 65.5 Å². The Balaban J connectivity index is 2.96. The Labute approximate surface area is 126 Å². The maximum Gasteiger partial charge on any atom is 0.00103 e. The Hall–Kier alpha value is -0.160. The van der Waals surface area contributed by atoms with Crippen LogP contribution in [0.1, 0.15) is 53.4 Å². The van der Waals surface area contributed by atoms with Crippen molar-refractivity contribution in [3.8, 4) is 0 Å². The summed E-state index contributed by atoms with van der Waals surface area (Å²) in [4.78, 5) is 0. The first kappa shape index (κ1) is 19.8. The Morgan fingerprint density at radius 2 is 0.850 bits per heavy atom. The first-order valence-corrected chi connectivity index (χ1v) is 8.51. The lowest BCUT2D eigenvalue weighted by Crippen LogP contribution is -2.28. The van der Waals surface area contributed by atoms with Gasteiger partial charge in [-0.1, -0.05) is 27.7 Å². The van der Waals surface area contributed by atoms with E-state index in [-0.39, 0.29) is 0 Å². The van der Waals surface area contributed by atoms with Crippen molar-refractivity contribution in [1.82, 2.24) is 21.3 Å². The van der Waals surface area contributed by atoms with Crippen LogP contribution in [0.5, 0.6) is 0 Å². The first-order valence-electron chi connectivity index (χ1n) is 8.51. The first-order chi connectivity index (χ1) is 9.63. The highest BCUT2D eigenvalue weighted by Crippen LogP contribution is 1.86. The van der Waals surface area contributed by atoms with Crippen LogP contribution in [0.4, 0.5) is 0 Å². The molecule has 0 aromatic heterocycles. The highest BCUT2D eigenvalue weighted by molar-refractivity contribution is 4.57. The van der Waals surface area contributed by atoms with Gasteiger partial charge in [-0.2, -0.15) is 0 Å². The average Bonchev–Trinajstić information content (AvgIpc) is 2.38. The molecule has 4 heteroatoms. The number of unbranched alkanes of at least 4 members (excludes halogenated alkanes) is 1. The molecule has 0 saturated carbocycles. The highest BCUT2D eigenvalue weighted by Gasteiger charge is 1.94. The van der Waals surface area contributed by atoms with Gasteiger partial charge in [0.15, 0.2) is 0 Å². The number of nitrogens with one attached hydrogen (secondary N) is 4. The predicted molar refractivity (Wildman–Crippen MR) is 90.5 cm³/mol. The standard InChI is InChI=1S/C16H38N4/c1-15(2)19-13-7-11-17-9-5-6-10-18-12-8-14-20-16(3)4/h15-20H,5-14H2,1-4H3. The van der Waals surface area contributed by atoms with Crippen LogP contribution in [0, 0.1) is 0 Å². The van der Waals surface area contributed by atoms with E-state index in [4.69, 9.17) is 0 Å². The summed E-state index contributed by atoms with van der Waals surface area (Å²) in [5.41, 5.74) is 0. The molecule has 20 heavy (non-hydrogen) atoms. The van der Waals surface area contributed by atoms with Crippen molar-refractivity contribution in [2.24, 2.45) is 0 Å². The summed E-state index contributed by atoms with van der Waals surface area (Å²) < 4.78 is 0. The monoisotopic (exact) mass is 286 g/mol. The summed E-state index contributed by atoms with van der Waals surface area (Å²) in [6, 6.07) is 1.22. The Bertz CT molecular complexity index is 163. The predicted octanol–water partition coefficient (Wildman–Crippen LogP) is 1.72. The van der Waals surface area contributed by atoms with E-state index in [9.17, 15) is 0 Å².